The zero-order valence-corrected chi connectivity index (χ0v) is 14.6. The Labute approximate surface area is 152 Å². The minimum atomic E-state index is -0.865. The molecule has 2 rings (SSSR count). The number of carbonyl (C=O) groups excluding carboxylic acids is 3. The Hall–Kier alpha value is -3.17. The van der Waals surface area contributed by atoms with E-state index in [1.807, 2.05) is 43.3 Å². The standard InChI is InChI=1S/C21H22N2O3/c1-2-23-21(26)17(13-15-9-5-3-6-10-15)19(18(14-24)20(22)25)16-11-7-4-8-12-16/h3-12,17,19H,2,13H2,1H3,(H2,22,25)(H,23,26). The fourth-order valence-electron chi connectivity index (χ4n) is 3.06. The lowest BCUT2D eigenvalue weighted by Crippen LogP contribution is -2.38. The molecule has 2 unspecified atom stereocenters. The first-order chi connectivity index (χ1) is 12.6. The zero-order valence-electron chi connectivity index (χ0n) is 14.6. The van der Waals surface area contributed by atoms with E-state index < -0.39 is 17.7 Å². The number of rotatable bonds is 8. The molecule has 3 N–H and O–H groups in total. The normalized spacial score (nSPS) is 12.5. The van der Waals surface area contributed by atoms with E-state index in [0.29, 0.717) is 18.5 Å². The van der Waals surface area contributed by atoms with Crippen LogP contribution < -0.4 is 11.1 Å². The third kappa shape index (κ3) is 4.68. The molecule has 134 valence electrons. The van der Waals surface area contributed by atoms with Gasteiger partial charge < -0.3 is 11.1 Å². The van der Waals surface area contributed by atoms with Crippen molar-refractivity contribution in [2.24, 2.45) is 11.7 Å². The van der Waals surface area contributed by atoms with Crippen molar-refractivity contribution in [3.8, 4) is 0 Å². The highest BCUT2D eigenvalue weighted by Gasteiger charge is 2.35. The highest BCUT2D eigenvalue weighted by atomic mass is 16.2. The van der Waals surface area contributed by atoms with Crippen molar-refractivity contribution in [3.63, 3.8) is 0 Å². The molecule has 0 heterocycles. The second-order valence-corrected chi connectivity index (χ2v) is 5.96. The lowest BCUT2D eigenvalue weighted by Gasteiger charge is -2.26. The summed E-state index contributed by atoms with van der Waals surface area (Å²) < 4.78 is 0. The molecule has 2 atom stereocenters. The summed E-state index contributed by atoms with van der Waals surface area (Å²) in [7, 11) is 0. The van der Waals surface area contributed by atoms with E-state index in [-0.39, 0.29) is 11.5 Å². The van der Waals surface area contributed by atoms with Crippen molar-refractivity contribution in [2.45, 2.75) is 19.3 Å². The van der Waals surface area contributed by atoms with Gasteiger partial charge in [-0.05, 0) is 24.5 Å². The molecule has 0 bridgehead atoms. The van der Waals surface area contributed by atoms with Gasteiger partial charge in [-0.25, -0.2) is 4.79 Å². The number of primary amides is 1. The van der Waals surface area contributed by atoms with E-state index in [1.165, 1.54) is 0 Å². The van der Waals surface area contributed by atoms with Crippen molar-refractivity contribution in [1.29, 1.82) is 0 Å². The molecule has 0 aliphatic rings. The first kappa shape index (κ1) is 19.2. The SMILES string of the molecule is CCNC(=O)C(Cc1ccccc1)C(C(=C=O)C(N)=O)c1ccccc1. The van der Waals surface area contributed by atoms with Gasteiger partial charge in [-0.3, -0.25) is 9.59 Å². The number of hydrogen-bond donors (Lipinski definition) is 2. The molecule has 0 saturated heterocycles. The highest BCUT2D eigenvalue weighted by Crippen LogP contribution is 2.33. The van der Waals surface area contributed by atoms with Gasteiger partial charge >= 0.3 is 0 Å². The maximum atomic E-state index is 12.8. The minimum Gasteiger partial charge on any atom is -0.365 e. The fraction of sp³-hybridized carbons (Fsp3) is 0.238. The monoisotopic (exact) mass is 350 g/mol. The maximum absolute atomic E-state index is 12.8. The van der Waals surface area contributed by atoms with Crippen molar-refractivity contribution in [2.75, 3.05) is 6.54 Å². The zero-order chi connectivity index (χ0) is 18.9. The van der Waals surface area contributed by atoms with Gasteiger partial charge in [-0.1, -0.05) is 60.7 Å². The van der Waals surface area contributed by atoms with Gasteiger partial charge in [-0.15, -0.1) is 0 Å². The van der Waals surface area contributed by atoms with Gasteiger partial charge in [0.15, 0.2) is 0 Å². The number of amides is 2. The number of benzene rings is 2. The van der Waals surface area contributed by atoms with Gasteiger partial charge in [0.05, 0.1) is 5.92 Å². The molecule has 26 heavy (non-hydrogen) atoms. The summed E-state index contributed by atoms with van der Waals surface area (Å²) >= 11 is 0. The molecule has 0 aliphatic heterocycles. The lowest BCUT2D eigenvalue weighted by molar-refractivity contribution is -0.125. The topological polar surface area (TPSA) is 89.3 Å². The van der Waals surface area contributed by atoms with E-state index in [0.717, 1.165) is 5.56 Å². The van der Waals surface area contributed by atoms with Crippen molar-refractivity contribution in [1.82, 2.24) is 5.32 Å². The average Bonchev–Trinajstić information content (AvgIpc) is 2.66. The Bertz CT molecular complexity index is 797. The second-order valence-electron chi connectivity index (χ2n) is 5.96. The van der Waals surface area contributed by atoms with Crippen LogP contribution in [-0.2, 0) is 20.8 Å². The lowest BCUT2D eigenvalue weighted by atomic mass is 9.77. The van der Waals surface area contributed by atoms with E-state index >= 15 is 0 Å². The molecule has 0 aliphatic carbocycles. The predicted molar refractivity (Wildman–Crippen MR) is 99.9 cm³/mol. The van der Waals surface area contributed by atoms with Crippen LogP contribution in [-0.4, -0.2) is 24.3 Å². The second kappa shape index (κ2) is 9.35. The summed E-state index contributed by atoms with van der Waals surface area (Å²) in [6, 6.07) is 18.4. The first-order valence-corrected chi connectivity index (χ1v) is 8.49. The van der Waals surface area contributed by atoms with Gasteiger partial charge in [0.25, 0.3) is 5.91 Å². The van der Waals surface area contributed by atoms with Gasteiger partial charge in [0.1, 0.15) is 11.5 Å². The quantitative estimate of drug-likeness (QED) is 0.564. The number of nitrogens with two attached hydrogens (primary N) is 1. The van der Waals surface area contributed by atoms with Crippen LogP contribution in [0.1, 0.15) is 24.0 Å². The molecule has 2 amide bonds. The first-order valence-electron chi connectivity index (χ1n) is 8.49. The molecule has 0 radical (unpaired) electrons. The van der Waals surface area contributed by atoms with E-state index in [2.05, 4.69) is 5.32 Å². The predicted octanol–water partition coefficient (Wildman–Crippen LogP) is 2.01. The van der Waals surface area contributed by atoms with Crippen molar-refractivity contribution in [3.05, 3.63) is 77.4 Å². The van der Waals surface area contributed by atoms with Gasteiger partial charge in [-0.2, -0.15) is 0 Å². The highest BCUT2D eigenvalue weighted by molar-refractivity contribution is 6.02. The van der Waals surface area contributed by atoms with Crippen molar-refractivity contribution < 1.29 is 14.4 Å². The summed E-state index contributed by atoms with van der Waals surface area (Å²) in [5.41, 5.74) is 6.81. The van der Waals surface area contributed by atoms with Crippen molar-refractivity contribution >= 4 is 17.8 Å². The molecular weight excluding hydrogens is 328 g/mol. The summed E-state index contributed by atoms with van der Waals surface area (Å²) in [5, 5.41) is 2.80. The van der Waals surface area contributed by atoms with Crippen LogP contribution in [0.2, 0.25) is 0 Å². The molecule has 2 aromatic carbocycles. The maximum Gasteiger partial charge on any atom is 0.256 e. The van der Waals surface area contributed by atoms with Gasteiger partial charge in [0, 0.05) is 12.5 Å². The molecular formula is C21H22N2O3. The number of hydrogen-bond acceptors (Lipinski definition) is 3. The Kier molecular flexibility index (Phi) is 6.89. The Morgan fingerprint density at radius 3 is 2.12 bits per heavy atom. The molecule has 0 spiro atoms. The summed E-state index contributed by atoms with van der Waals surface area (Å²) in [6.07, 6.45) is 0.366. The van der Waals surface area contributed by atoms with Crippen LogP contribution in [0.5, 0.6) is 0 Å². The van der Waals surface area contributed by atoms with E-state index in [4.69, 9.17) is 5.73 Å². The Balaban J connectivity index is 2.54. The molecule has 5 nitrogen and oxygen atoms in total. The van der Waals surface area contributed by atoms with Gasteiger partial charge in [0.2, 0.25) is 5.91 Å². The van der Waals surface area contributed by atoms with Crippen LogP contribution in [0.15, 0.2) is 66.2 Å². The molecule has 0 saturated carbocycles. The number of nitrogens with one attached hydrogen (secondary N) is 1. The summed E-state index contributed by atoms with van der Waals surface area (Å²) in [6.45, 7) is 2.27. The van der Waals surface area contributed by atoms with Crippen LogP contribution in [0.4, 0.5) is 0 Å². The fourth-order valence-corrected chi connectivity index (χ4v) is 3.06. The summed E-state index contributed by atoms with van der Waals surface area (Å²) in [4.78, 5) is 36.2. The van der Waals surface area contributed by atoms with Crippen LogP contribution >= 0.6 is 0 Å². The number of carbonyl (C=O) groups is 2. The van der Waals surface area contributed by atoms with Crippen LogP contribution in [0, 0.1) is 5.92 Å². The molecule has 0 aromatic heterocycles. The smallest absolute Gasteiger partial charge is 0.256 e. The third-order valence-electron chi connectivity index (χ3n) is 4.23. The summed E-state index contributed by atoms with van der Waals surface area (Å²) in [5.74, 6) is -0.855. The minimum absolute atomic E-state index is 0.219. The van der Waals surface area contributed by atoms with Crippen LogP contribution in [0.25, 0.3) is 0 Å². The van der Waals surface area contributed by atoms with Crippen LogP contribution in [0.3, 0.4) is 0 Å². The molecule has 2 aromatic rings. The Morgan fingerprint density at radius 2 is 1.62 bits per heavy atom. The molecule has 0 fully saturated rings. The average molecular weight is 350 g/mol. The van der Waals surface area contributed by atoms with E-state index in [9.17, 15) is 14.4 Å². The Morgan fingerprint density at radius 1 is 1.04 bits per heavy atom. The third-order valence-corrected chi connectivity index (χ3v) is 4.23. The van der Waals surface area contributed by atoms with E-state index in [1.54, 1.807) is 30.2 Å². The molecule has 5 heteroatoms. The largest absolute Gasteiger partial charge is 0.365 e.